The molecule has 0 atom stereocenters. The molecule has 1 heterocycles. The van der Waals surface area contributed by atoms with Gasteiger partial charge in [0.05, 0.1) is 4.58 Å². The number of thioether (sulfide) groups is 2. The Labute approximate surface area is 52.7 Å². The summed E-state index contributed by atoms with van der Waals surface area (Å²) in [5, 5.41) is 0. The Morgan fingerprint density at radius 1 is 1.43 bits per heavy atom. The van der Waals surface area contributed by atoms with Crippen molar-refractivity contribution in [3.63, 3.8) is 0 Å². The molecular formula is C5H8S2. The molecule has 2 heteroatoms. The molecule has 0 saturated carbocycles. The van der Waals surface area contributed by atoms with E-state index in [0.717, 1.165) is 0 Å². The first kappa shape index (κ1) is 5.57. The molecule has 0 aromatic rings. The van der Waals surface area contributed by atoms with Gasteiger partial charge in [0.15, 0.2) is 0 Å². The van der Waals surface area contributed by atoms with Crippen LogP contribution < -0.4 is 0 Å². The molecule has 0 aromatic heterocycles. The molecule has 1 rings (SSSR count). The summed E-state index contributed by atoms with van der Waals surface area (Å²) < 4.78 is 0.694. The second kappa shape index (κ2) is 2.68. The summed E-state index contributed by atoms with van der Waals surface area (Å²) >= 11 is 3.97. The zero-order valence-electron chi connectivity index (χ0n) is 4.09. The third kappa shape index (κ3) is 1.42. The first-order valence-corrected chi connectivity index (χ1v) is 4.39. The molecule has 0 N–H and O–H groups in total. The van der Waals surface area contributed by atoms with Crippen molar-refractivity contribution in [1.29, 1.82) is 0 Å². The van der Waals surface area contributed by atoms with Crippen LogP contribution in [0.2, 0.25) is 0 Å². The largest absolute Gasteiger partial charge is 0.143 e. The van der Waals surface area contributed by atoms with E-state index in [1.165, 1.54) is 11.5 Å². The van der Waals surface area contributed by atoms with Crippen molar-refractivity contribution >= 4 is 23.5 Å². The second-order valence-corrected chi connectivity index (χ2v) is 4.14. The Morgan fingerprint density at radius 2 is 2.00 bits per heavy atom. The van der Waals surface area contributed by atoms with Gasteiger partial charge < -0.3 is 0 Å². The SMILES string of the molecule is C=CC1SCCS1. The Morgan fingerprint density at radius 3 is 2.29 bits per heavy atom. The standard InChI is InChI=1S/C5H8S2/c1-2-5-6-3-4-7-5/h2,5H,1,3-4H2. The highest BCUT2D eigenvalue weighted by Crippen LogP contribution is 2.31. The smallest absolute Gasteiger partial charge is 0.0680 e. The number of hydrogen-bond donors (Lipinski definition) is 0. The summed E-state index contributed by atoms with van der Waals surface area (Å²) in [4.78, 5) is 0. The Kier molecular flexibility index (Phi) is 2.13. The first-order valence-electron chi connectivity index (χ1n) is 2.29. The van der Waals surface area contributed by atoms with Gasteiger partial charge in [0.25, 0.3) is 0 Å². The molecule has 0 spiro atoms. The van der Waals surface area contributed by atoms with Crippen molar-refractivity contribution in [2.75, 3.05) is 11.5 Å². The summed E-state index contributed by atoms with van der Waals surface area (Å²) in [6, 6.07) is 0. The van der Waals surface area contributed by atoms with Gasteiger partial charge in [0.2, 0.25) is 0 Å². The summed E-state index contributed by atoms with van der Waals surface area (Å²) in [6.07, 6.45) is 2.02. The minimum Gasteiger partial charge on any atom is -0.143 e. The van der Waals surface area contributed by atoms with Crippen molar-refractivity contribution < 1.29 is 0 Å². The highest BCUT2D eigenvalue weighted by Gasteiger charge is 2.10. The van der Waals surface area contributed by atoms with Crippen LogP contribution in [0, 0.1) is 0 Å². The van der Waals surface area contributed by atoms with Crippen LogP contribution in [0.25, 0.3) is 0 Å². The van der Waals surface area contributed by atoms with Crippen molar-refractivity contribution in [1.82, 2.24) is 0 Å². The molecule has 1 aliphatic heterocycles. The topological polar surface area (TPSA) is 0 Å². The lowest BCUT2D eigenvalue weighted by atomic mass is 10.8. The van der Waals surface area contributed by atoms with E-state index in [4.69, 9.17) is 0 Å². The van der Waals surface area contributed by atoms with Gasteiger partial charge in [-0.05, 0) is 0 Å². The zero-order valence-corrected chi connectivity index (χ0v) is 5.73. The minimum atomic E-state index is 0.694. The van der Waals surface area contributed by atoms with Crippen LogP contribution in [0.5, 0.6) is 0 Å². The van der Waals surface area contributed by atoms with E-state index in [1.807, 2.05) is 29.6 Å². The van der Waals surface area contributed by atoms with E-state index in [1.54, 1.807) is 0 Å². The minimum absolute atomic E-state index is 0.694. The van der Waals surface area contributed by atoms with Crippen LogP contribution in [0.4, 0.5) is 0 Å². The molecule has 7 heavy (non-hydrogen) atoms. The number of rotatable bonds is 1. The molecule has 1 fully saturated rings. The average molecular weight is 132 g/mol. The lowest BCUT2D eigenvalue weighted by molar-refractivity contribution is 1.59. The first-order chi connectivity index (χ1) is 3.43. The lowest BCUT2D eigenvalue weighted by Gasteiger charge is -1.93. The van der Waals surface area contributed by atoms with Gasteiger partial charge in [-0.25, -0.2) is 0 Å². The normalized spacial score (nSPS) is 22.9. The van der Waals surface area contributed by atoms with Crippen molar-refractivity contribution in [3.05, 3.63) is 12.7 Å². The van der Waals surface area contributed by atoms with Gasteiger partial charge in [-0.2, -0.15) is 0 Å². The molecule has 0 aliphatic carbocycles. The predicted molar refractivity (Wildman–Crippen MR) is 38.9 cm³/mol. The summed E-state index contributed by atoms with van der Waals surface area (Å²) in [5.41, 5.74) is 0. The fraction of sp³-hybridized carbons (Fsp3) is 0.600. The maximum Gasteiger partial charge on any atom is 0.0680 e. The monoisotopic (exact) mass is 132 g/mol. The zero-order chi connectivity index (χ0) is 5.11. The van der Waals surface area contributed by atoms with Crippen molar-refractivity contribution in [3.8, 4) is 0 Å². The van der Waals surface area contributed by atoms with Gasteiger partial charge in [-0.3, -0.25) is 0 Å². The fourth-order valence-electron chi connectivity index (χ4n) is 0.513. The Bertz CT molecular complexity index is 64.5. The number of hydrogen-bond acceptors (Lipinski definition) is 2. The van der Waals surface area contributed by atoms with Gasteiger partial charge >= 0.3 is 0 Å². The van der Waals surface area contributed by atoms with Crippen LogP contribution in [0.3, 0.4) is 0 Å². The van der Waals surface area contributed by atoms with E-state index in [-0.39, 0.29) is 0 Å². The van der Waals surface area contributed by atoms with Crippen molar-refractivity contribution in [2.24, 2.45) is 0 Å². The molecule has 40 valence electrons. The van der Waals surface area contributed by atoms with Gasteiger partial charge in [-0.1, -0.05) is 6.08 Å². The van der Waals surface area contributed by atoms with Crippen LogP contribution in [0.15, 0.2) is 12.7 Å². The molecular weight excluding hydrogens is 124 g/mol. The van der Waals surface area contributed by atoms with Crippen molar-refractivity contribution in [2.45, 2.75) is 4.58 Å². The van der Waals surface area contributed by atoms with Crippen LogP contribution in [-0.4, -0.2) is 16.1 Å². The maximum atomic E-state index is 3.70. The van der Waals surface area contributed by atoms with E-state index in [9.17, 15) is 0 Å². The van der Waals surface area contributed by atoms with Gasteiger partial charge in [0.1, 0.15) is 0 Å². The molecule has 1 aliphatic rings. The highest BCUT2D eigenvalue weighted by atomic mass is 32.2. The van der Waals surface area contributed by atoms with Gasteiger partial charge in [-0.15, -0.1) is 30.1 Å². The lowest BCUT2D eigenvalue weighted by Crippen LogP contribution is -1.78. The molecule has 0 bridgehead atoms. The average Bonchev–Trinajstić information content (AvgIpc) is 2.14. The second-order valence-electron chi connectivity index (χ2n) is 1.35. The van der Waals surface area contributed by atoms with Crippen LogP contribution in [0.1, 0.15) is 0 Å². The maximum absolute atomic E-state index is 3.70. The quantitative estimate of drug-likeness (QED) is 0.500. The molecule has 0 unspecified atom stereocenters. The summed E-state index contributed by atoms with van der Waals surface area (Å²) in [6.45, 7) is 3.70. The molecule has 0 radical (unpaired) electrons. The predicted octanol–water partition coefficient (Wildman–Crippen LogP) is 1.98. The summed E-state index contributed by atoms with van der Waals surface area (Å²) in [5.74, 6) is 2.61. The third-order valence-electron chi connectivity index (χ3n) is 0.840. The Hall–Kier alpha value is 0.440. The van der Waals surface area contributed by atoms with E-state index in [0.29, 0.717) is 4.58 Å². The summed E-state index contributed by atoms with van der Waals surface area (Å²) in [7, 11) is 0. The molecule has 1 saturated heterocycles. The van der Waals surface area contributed by atoms with E-state index < -0.39 is 0 Å². The van der Waals surface area contributed by atoms with Crippen LogP contribution in [-0.2, 0) is 0 Å². The third-order valence-corrected chi connectivity index (χ3v) is 3.84. The highest BCUT2D eigenvalue weighted by molar-refractivity contribution is 8.20. The van der Waals surface area contributed by atoms with Gasteiger partial charge in [0, 0.05) is 11.5 Å². The van der Waals surface area contributed by atoms with E-state index >= 15 is 0 Å². The van der Waals surface area contributed by atoms with E-state index in [2.05, 4.69) is 6.58 Å². The molecule has 0 amide bonds. The fourth-order valence-corrected chi connectivity index (χ4v) is 2.98. The Balaban J connectivity index is 2.26. The van der Waals surface area contributed by atoms with Crippen LogP contribution >= 0.6 is 23.5 Å². The molecule has 0 aromatic carbocycles. The molecule has 0 nitrogen and oxygen atoms in total.